The second-order valence-electron chi connectivity index (χ2n) is 7.29. The molecule has 34 heavy (non-hydrogen) atoms. The zero-order valence-corrected chi connectivity index (χ0v) is 20.5. The fourth-order valence-corrected chi connectivity index (χ4v) is 5.41. The van der Waals surface area contributed by atoms with Gasteiger partial charge in [-0.15, -0.1) is 0 Å². The molecule has 10 heteroatoms. The number of methoxy groups -OCH3 is 2. The normalized spacial score (nSPS) is 11.4. The second-order valence-corrected chi connectivity index (χ2v) is 10.5. The summed E-state index contributed by atoms with van der Waals surface area (Å²) >= 11 is 1.29. The fraction of sp³-hybridized carbons (Fsp3) is 0.208. The number of carbonyl (C=O) groups excluding carboxylic acids is 1. The third kappa shape index (κ3) is 4.59. The molecule has 0 bridgehead atoms. The molecule has 2 aromatic heterocycles. The molecule has 4 aromatic rings. The lowest BCUT2D eigenvalue weighted by Gasteiger charge is -2.20. The minimum atomic E-state index is -3.47. The monoisotopic (exact) mass is 497 g/mol. The number of aromatic nitrogens is 2. The zero-order valence-electron chi connectivity index (χ0n) is 18.9. The minimum Gasteiger partial charge on any atom is -0.495 e. The number of amides is 1. The van der Waals surface area contributed by atoms with Crippen molar-refractivity contribution in [2.24, 2.45) is 0 Å². The van der Waals surface area contributed by atoms with E-state index in [-0.39, 0.29) is 22.8 Å². The van der Waals surface area contributed by atoms with Crippen LogP contribution in [0.4, 0.5) is 5.13 Å². The molecular weight excluding hydrogens is 474 g/mol. The first-order chi connectivity index (χ1) is 16.4. The molecule has 0 aliphatic carbocycles. The van der Waals surface area contributed by atoms with Crippen molar-refractivity contribution < 1.29 is 22.7 Å². The Labute approximate surface area is 201 Å². The summed E-state index contributed by atoms with van der Waals surface area (Å²) in [6.07, 6.45) is 1.65. The number of benzene rings is 2. The third-order valence-corrected chi connectivity index (χ3v) is 8.07. The van der Waals surface area contributed by atoms with E-state index in [1.54, 1.807) is 57.7 Å². The number of fused-ring (bicyclic) bond motifs is 1. The number of ether oxygens (including phenoxy) is 2. The number of hydrogen-bond donors (Lipinski definition) is 0. The quantitative estimate of drug-likeness (QED) is 0.357. The van der Waals surface area contributed by atoms with Crippen molar-refractivity contribution in [2.75, 3.05) is 24.9 Å². The lowest BCUT2D eigenvalue weighted by Crippen LogP contribution is -2.30. The van der Waals surface area contributed by atoms with Crippen LogP contribution in [0.2, 0.25) is 0 Å². The Morgan fingerprint density at radius 1 is 1.03 bits per heavy atom. The highest BCUT2D eigenvalue weighted by Gasteiger charge is 2.25. The van der Waals surface area contributed by atoms with Gasteiger partial charge < -0.3 is 9.47 Å². The molecule has 2 aromatic carbocycles. The van der Waals surface area contributed by atoms with Gasteiger partial charge in [0.05, 0.1) is 37.1 Å². The highest BCUT2D eigenvalue weighted by atomic mass is 32.2. The van der Waals surface area contributed by atoms with Crippen molar-refractivity contribution in [1.82, 2.24) is 9.97 Å². The Kier molecular flexibility index (Phi) is 6.80. The van der Waals surface area contributed by atoms with Gasteiger partial charge in [-0.05, 0) is 42.5 Å². The molecule has 0 saturated heterocycles. The highest BCUT2D eigenvalue weighted by Crippen LogP contribution is 2.40. The van der Waals surface area contributed by atoms with E-state index in [0.717, 1.165) is 4.70 Å². The topological polar surface area (TPSA) is 98.7 Å². The summed E-state index contributed by atoms with van der Waals surface area (Å²) in [4.78, 5) is 24.3. The lowest BCUT2D eigenvalue weighted by molar-refractivity contribution is 0.0984. The number of nitrogens with zero attached hydrogens (tertiary/aromatic N) is 3. The van der Waals surface area contributed by atoms with Crippen molar-refractivity contribution in [2.45, 2.75) is 18.4 Å². The number of anilines is 1. The molecule has 8 nitrogen and oxygen atoms in total. The maximum absolute atomic E-state index is 13.7. The van der Waals surface area contributed by atoms with Crippen LogP contribution in [0.15, 0.2) is 65.7 Å². The molecule has 0 N–H and O–H groups in total. The van der Waals surface area contributed by atoms with Crippen LogP contribution in [0.3, 0.4) is 0 Å². The van der Waals surface area contributed by atoms with E-state index in [0.29, 0.717) is 27.8 Å². The maximum Gasteiger partial charge on any atom is 0.260 e. The van der Waals surface area contributed by atoms with Crippen LogP contribution in [0.5, 0.6) is 11.5 Å². The molecule has 2 heterocycles. The first-order valence-corrected chi connectivity index (χ1v) is 12.9. The highest BCUT2D eigenvalue weighted by molar-refractivity contribution is 7.91. The smallest absolute Gasteiger partial charge is 0.260 e. The summed E-state index contributed by atoms with van der Waals surface area (Å²) in [5, 5.41) is 0.414. The number of pyridine rings is 1. The number of thiazole rings is 1. The van der Waals surface area contributed by atoms with Gasteiger partial charge in [-0.2, -0.15) is 0 Å². The van der Waals surface area contributed by atoms with Gasteiger partial charge in [-0.1, -0.05) is 30.4 Å². The van der Waals surface area contributed by atoms with E-state index in [9.17, 15) is 13.2 Å². The molecule has 0 spiro atoms. The molecule has 0 unspecified atom stereocenters. The third-order valence-electron chi connectivity index (χ3n) is 5.24. The Hall–Kier alpha value is -3.50. The van der Waals surface area contributed by atoms with Crippen molar-refractivity contribution >= 4 is 42.4 Å². The van der Waals surface area contributed by atoms with Gasteiger partial charge in [0.25, 0.3) is 5.91 Å². The van der Waals surface area contributed by atoms with Gasteiger partial charge in [-0.25, -0.2) is 13.4 Å². The van der Waals surface area contributed by atoms with Gasteiger partial charge in [0, 0.05) is 11.8 Å². The van der Waals surface area contributed by atoms with Crippen molar-refractivity contribution in [3.63, 3.8) is 0 Å². The van der Waals surface area contributed by atoms with Gasteiger partial charge in [0.1, 0.15) is 21.7 Å². The van der Waals surface area contributed by atoms with Crippen LogP contribution in [-0.2, 0) is 16.4 Å². The first kappa shape index (κ1) is 23.7. The summed E-state index contributed by atoms with van der Waals surface area (Å²) in [6, 6.07) is 15.0. The van der Waals surface area contributed by atoms with E-state index in [1.807, 2.05) is 12.1 Å². The number of rotatable bonds is 8. The average Bonchev–Trinajstić information content (AvgIpc) is 3.32. The minimum absolute atomic E-state index is 0.0558. The van der Waals surface area contributed by atoms with E-state index < -0.39 is 15.7 Å². The Balaban J connectivity index is 1.84. The van der Waals surface area contributed by atoms with Crippen LogP contribution < -0.4 is 14.4 Å². The van der Waals surface area contributed by atoms with E-state index >= 15 is 0 Å². The summed E-state index contributed by atoms with van der Waals surface area (Å²) in [6.45, 7) is 1.72. The molecule has 4 rings (SSSR count). The van der Waals surface area contributed by atoms with Crippen LogP contribution in [0, 0.1) is 0 Å². The van der Waals surface area contributed by atoms with Gasteiger partial charge >= 0.3 is 0 Å². The van der Waals surface area contributed by atoms with Crippen LogP contribution in [0.25, 0.3) is 10.2 Å². The molecule has 0 radical (unpaired) electrons. The van der Waals surface area contributed by atoms with Crippen molar-refractivity contribution in [1.29, 1.82) is 0 Å². The standard InChI is InChI=1S/C24H23N3O5S2/c1-4-34(29,30)18-10-7-8-16(14-18)23(28)27(15-17-9-5-6-13-25-17)24-26-21-19(31-2)11-12-20(32-3)22(21)33-24/h5-14H,4,15H2,1-3H3. The predicted octanol–water partition coefficient (Wildman–Crippen LogP) is 4.35. The summed E-state index contributed by atoms with van der Waals surface area (Å²) in [5.41, 5.74) is 1.47. The SMILES string of the molecule is CCS(=O)(=O)c1cccc(C(=O)N(Cc2ccccn2)c2nc3c(OC)ccc(OC)c3s2)c1. The zero-order chi connectivity index (χ0) is 24.3. The Morgan fingerprint density at radius 3 is 2.47 bits per heavy atom. The molecular formula is C24H23N3O5S2. The maximum atomic E-state index is 13.7. The van der Waals surface area contributed by atoms with Crippen molar-refractivity contribution in [3.05, 3.63) is 72.1 Å². The summed E-state index contributed by atoms with van der Waals surface area (Å²) < 4.78 is 36.5. The number of carbonyl (C=O) groups is 1. The fourth-order valence-electron chi connectivity index (χ4n) is 3.41. The van der Waals surface area contributed by atoms with Crippen molar-refractivity contribution in [3.8, 4) is 11.5 Å². The van der Waals surface area contributed by atoms with Gasteiger partial charge in [-0.3, -0.25) is 14.7 Å². The van der Waals surface area contributed by atoms with Gasteiger partial charge in [0.2, 0.25) is 0 Å². The summed E-state index contributed by atoms with van der Waals surface area (Å²) in [7, 11) is -0.352. The van der Waals surface area contributed by atoms with E-state index in [2.05, 4.69) is 4.98 Å². The van der Waals surface area contributed by atoms with E-state index in [1.165, 1.54) is 28.4 Å². The molecule has 0 fully saturated rings. The molecule has 0 saturated carbocycles. The largest absolute Gasteiger partial charge is 0.495 e. The first-order valence-electron chi connectivity index (χ1n) is 10.4. The van der Waals surface area contributed by atoms with E-state index in [4.69, 9.17) is 14.5 Å². The predicted molar refractivity (Wildman–Crippen MR) is 132 cm³/mol. The number of hydrogen-bond acceptors (Lipinski definition) is 8. The van der Waals surface area contributed by atoms with Crippen LogP contribution in [-0.4, -0.2) is 44.3 Å². The van der Waals surface area contributed by atoms with Gasteiger partial charge in [0.15, 0.2) is 15.0 Å². The lowest BCUT2D eigenvalue weighted by atomic mass is 10.2. The number of sulfone groups is 1. The average molecular weight is 498 g/mol. The van der Waals surface area contributed by atoms with Crippen LogP contribution >= 0.6 is 11.3 Å². The molecule has 0 aliphatic rings. The second kappa shape index (κ2) is 9.78. The Bertz CT molecular complexity index is 1390. The molecule has 1 amide bonds. The Morgan fingerprint density at radius 2 is 1.79 bits per heavy atom. The molecule has 0 aliphatic heterocycles. The molecule has 176 valence electrons. The van der Waals surface area contributed by atoms with Crippen LogP contribution in [0.1, 0.15) is 23.0 Å². The molecule has 0 atom stereocenters. The summed E-state index contributed by atoms with van der Waals surface area (Å²) in [5.74, 6) is 0.718.